The van der Waals surface area contributed by atoms with Crippen molar-refractivity contribution >= 4 is 35.5 Å². The van der Waals surface area contributed by atoms with Crippen LogP contribution in [0.4, 0.5) is 0 Å². The van der Waals surface area contributed by atoms with E-state index in [1.165, 1.54) is 0 Å². The Kier molecular flexibility index (Phi) is 10.0. The molecule has 0 unspecified atom stereocenters. The van der Waals surface area contributed by atoms with Crippen LogP contribution in [0.15, 0.2) is 66.9 Å². The number of carbonyl (C=O) groups is 1. The Morgan fingerprint density at radius 1 is 0.862 bits per heavy atom. The van der Waals surface area contributed by atoms with Gasteiger partial charge in [-0.25, -0.2) is 9.78 Å². The van der Waals surface area contributed by atoms with Gasteiger partial charge in [0.25, 0.3) is 0 Å². The van der Waals surface area contributed by atoms with Crippen molar-refractivity contribution in [1.29, 1.82) is 0 Å². The van der Waals surface area contributed by atoms with E-state index in [1.807, 2.05) is 54.7 Å². The van der Waals surface area contributed by atoms with Crippen LogP contribution >= 0.6 is 0 Å². The van der Waals surface area contributed by atoms with Gasteiger partial charge in [0.05, 0.1) is 17.1 Å². The Hall–Kier alpha value is -2.05. The van der Waals surface area contributed by atoms with Crippen LogP contribution < -0.4 is 0 Å². The van der Waals surface area contributed by atoms with E-state index in [0.29, 0.717) is 6.61 Å². The van der Waals surface area contributed by atoms with Gasteiger partial charge in [0.15, 0.2) is 0 Å². The molecule has 3 aromatic rings. The molecule has 6 heteroatoms. The second kappa shape index (κ2) is 12.5. The van der Waals surface area contributed by atoms with E-state index < -0.39 is 5.97 Å². The fraction of sp³-hybridized carbons (Fsp3) is 0.261. The summed E-state index contributed by atoms with van der Waals surface area (Å²) in [6.07, 6.45) is 5.46. The quantitative estimate of drug-likeness (QED) is 0.412. The molecule has 0 aliphatic carbocycles. The van der Waals surface area contributed by atoms with Gasteiger partial charge in [0.2, 0.25) is 0 Å². The van der Waals surface area contributed by atoms with Crippen molar-refractivity contribution in [2.75, 3.05) is 13.2 Å². The third kappa shape index (κ3) is 7.37. The molecule has 0 fully saturated rings. The molecule has 29 heavy (non-hydrogen) atoms. The average molecular weight is 400 g/mol. The number of carboxylic acids is 1. The van der Waals surface area contributed by atoms with E-state index in [1.54, 1.807) is 0 Å². The molecule has 0 spiro atoms. The molecular weight excluding hydrogens is 375 g/mol. The molecule has 0 saturated heterocycles. The van der Waals surface area contributed by atoms with E-state index in [4.69, 9.17) is 19.8 Å². The summed E-state index contributed by atoms with van der Waals surface area (Å²) in [5.74, 6) is -0.928. The second-order valence-electron chi connectivity index (χ2n) is 6.55. The predicted octanol–water partition coefficient (Wildman–Crippen LogP) is 3.98. The summed E-state index contributed by atoms with van der Waals surface area (Å²) < 4.78 is 5.06. The summed E-state index contributed by atoms with van der Waals surface area (Å²) in [5, 5.41) is 8.55. The molecule has 0 aliphatic heterocycles. The monoisotopic (exact) mass is 400 g/mol. The number of unbranched alkanes of at least 4 members (excludes halogenated alkanes) is 2. The van der Waals surface area contributed by atoms with E-state index in [2.05, 4.69) is 12.1 Å². The van der Waals surface area contributed by atoms with Gasteiger partial charge in [-0.05, 0) is 19.3 Å². The Balaban J connectivity index is 0.00000300. The zero-order valence-corrected chi connectivity index (χ0v) is 15.8. The SMILES string of the molecule is O=C(O)COCCCCCc1cnc(-c2ccccc2)c(-c2ccccc2)n1.[NaH]. The maximum absolute atomic E-state index is 10.4. The van der Waals surface area contributed by atoms with Crippen molar-refractivity contribution in [2.24, 2.45) is 0 Å². The summed E-state index contributed by atoms with van der Waals surface area (Å²) in [6.45, 7) is 0.243. The number of nitrogens with zero attached hydrogens (tertiary/aromatic N) is 2. The van der Waals surface area contributed by atoms with Crippen LogP contribution in [0.1, 0.15) is 25.0 Å². The zero-order valence-electron chi connectivity index (χ0n) is 15.8. The minimum atomic E-state index is -0.928. The number of benzene rings is 2. The number of carboxylic acid groups (broad SMARTS) is 1. The molecule has 0 atom stereocenters. The van der Waals surface area contributed by atoms with Crippen LogP contribution in [0.25, 0.3) is 22.5 Å². The molecule has 0 saturated carbocycles. The molecule has 1 heterocycles. The molecular formula is C23H25N2NaO3. The number of rotatable bonds is 10. The van der Waals surface area contributed by atoms with Gasteiger partial charge in [0, 0.05) is 23.9 Å². The van der Waals surface area contributed by atoms with E-state index >= 15 is 0 Å². The van der Waals surface area contributed by atoms with Crippen molar-refractivity contribution in [3.63, 3.8) is 0 Å². The van der Waals surface area contributed by atoms with Crippen LogP contribution in [-0.2, 0) is 16.0 Å². The number of ether oxygens (including phenoxy) is 1. The maximum atomic E-state index is 10.4. The Bertz CT molecular complexity index is 889. The minimum absolute atomic E-state index is 0. The molecule has 2 aromatic carbocycles. The molecule has 0 amide bonds. The number of aryl methyl sites for hydroxylation is 1. The molecule has 0 aliphatic rings. The van der Waals surface area contributed by atoms with Crippen LogP contribution in [0.3, 0.4) is 0 Å². The number of hydrogen-bond acceptors (Lipinski definition) is 4. The summed E-state index contributed by atoms with van der Waals surface area (Å²) in [6, 6.07) is 20.2. The van der Waals surface area contributed by atoms with Gasteiger partial charge in [-0.3, -0.25) is 4.98 Å². The van der Waals surface area contributed by atoms with Crippen LogP contribution in [0.2, 0.25) is 0 Å². The second-order valence-corrected chi connectivity index (χ2v) is 6.55. The third-order valence-electron chi connectivity index (χ3n) is 4.36. The first kappa shape index (κ1) is 23.2. The fourth-order valence-electron chi connectivity index (χ4n) is 3.00. The molecule has 0 radical (unpaired) electrons. The summed E-state index contributed by atoms with van der Waals surface area (Å²) in [4.78, 5) is 20.0. The topological polar surface area (TPSA) is 72.3 Å². The number of aliphatic carboxylic acids is 1. The molecule has 0 bridgehead atoms. The standard InChI is InChI=1S/C23H24N2O3.Na.H/c26-21(27)17-28-15-9-3-8-14-20-16-24-22(18-10-4-1-5-11-18)23(25-20)19-12-6-2-7-13-19;;/h1-2,4-7,10-13,16H,3,8-9,14-15,17H2,(H,26,27);;. The van der Waals surface area contributed by atoms with Gasteiger partial charge in [0.1, 0.15) is 6.61 Å². The predicted molar refractivity (Wildman–Crippen MR) is 116 cm³/mol. The summed E-state index contributed by atoms with van der Waals surface area (Å²) in [7, 11) is 0. The Morgan fingerprint density at radius 2 is 1.48 bits per heavy atom. The first-order chi connectivity index (χ1) is 13.7. The van der Waals surface area contributed by atoms with Gasteiger partial charge < -0.3 is 9.84 Å². The summed E-state index contributed by atoms with van der Waals surface area (Å²) >= 11 is 0. The van der Waals surface area contributed by atoms with Crippen LogP contribution in [0, 0.1) is 0 Å². The number of aromatic nitrogens is 2. The van der Waals surface area contributed by atoms with Crippen LogP contribution in [0.5, 0.6) is 0 Å². The van der Waals surface area contributed by atoms with Gasteiger partial charge >= 0.3 is 35.5 Å². The van der Waals surface area contributed by atoms with E-state index in [9.17, 15) is 4.79 Å². The van der Waals surface area contributed by atoms with Crippen molar-refractivity contribution in [1.82, 2.24) is 9.97 Å². The molecule has 1 N–H and O–H groups in total. The van der Waals surface area contributed by atoms with Gasteiger partial charge in [-0.1, -0.05) is 67.1 Å². The zero-order chi connectivity index (χ0) is 19.6. The van der Waals surface area contributed by atoms with Crippen molar-refractivity contribution in [3.8, 4) is 22.5 Å². The average Bonchev–Trinajstić information content (AvgIpc) is 2.74. The first-order valence-electron chi connectivity index (χ1n) is 9.50. The van der Waals surface area contributed by atoms with Gasteiger partial charge in [-0.2, -0.15) is 0 Å². The van der Waals surface area contributed by atoms with Gasteiger partial charge in [-0.15, -0.1) is 0 Å². The molecule has 1 aromatic heterocycles. The fourth-order valence-corrected chi connectivity index (χ4v) is 3.00. The van der Waals surface area contributed by atoms with E-state index in [0.717, 1.165) is 53.9 Å². The molecule has 146 valence electrons. The third-order valence-corrected chi connectivity index (χ3v) is 4.36. The Labute approximate surface area is 193 Å². The normalized spacial score (nSPS) is 10.3. The molecule has 3 rings (SSSR count). The van der Waals surface area contributed by atoms with Crippen LogP contribution in [-0.4, -0.2) is 63.8 Å². The Morgan fingerprint density at radius 3 is 2.10 bits per heavy atom. The summed E-state index contributed by atoms with van der Waals surface area (Å²) in [5.41, 5.74) is 4.85. The van der Waals surface area contributed by atoms with Crippen molar-refractivity contribution in [3.05, 3.63) is 72.6 Å². The first-order valence-corrected chi connectivity index (χ1v) is 9.50. The van der Waals surface area contributed by atoms with E-state index in [-0.39, 0.29) is 36.2 Å². The van der Waals surface area contributed by atoms with Crippen molar-refractivity contribution in [2.45, 2.75) is 25.7 Å². The number of hydrogen-bond donors (Lipinski definition) is 1. The van der Waals surface area contributed by atoms with Crippen molar-refractivity contribution < 1.29 is 14.6 Å². The molecule has 5 nitrogen and oxygen atoms in total.